The molecule has 0 unspecified atom stereocenters. The highest BCUT2D eigenvalue weighted by molar-refractivity contribution is 9.10. The van der Waals surface area contributed by atoms with E-state index in [2.05, 4.69) is 21.2 Å². The molecular formula is C11H13BrFNO. The predicted molar refractivity (Wildman–Crippen MR) is 62.8 cm³/mol. The Labute approximate surface area is 97.0 Å². The number of benzene rings is 1. The number of carbonyl (C=O) groups excluding carboxylic acids is 1. The lowest BCUT2D eigenvalue weighted by Crippen LogP contribution is -2.31. The maximum atomic E-state index is 12.8. The molecule has 0 aliphatic heterocycles. The minimum Gasteiger partial charge on any atom is -0.325 e. The van der Waals surface area contributed by atoms with Crippen molar-refractivity contribution in [2.45, 2.75) is 25.1 Å². The standard InChI is InChI=1S/C11H13BrFNO/c1-7-6-8(13)4-5-9(7)14-10(15)11(2,3)12/h4-6H,1-3H3,(H,14,15). The number of hydrogen-bond donors (Lipinski definition) is 1. The smallest absolute Gasteiger partial charge is 0.240 e. The van der Waals surface area contributed by atoms with Crippen LogP contribution in [-0.2, 0) is 4.79 Å². The molecule has 0 bridgehead atoms. The summed E-state index contributed by atoms with van der Waals surface area (Å²) < 4.78 is 12.2. The van der Waals surface area contributed by atoms with Gasteiger partial charge in [-0.2, -0.15) is 0 Å². The quantitative estimate of drug-likeness (QED) is 0.824. The summed E-state index contributed by atoms with van der Waals surface area (Å²) in [4.78, 5) is 11.6. The molecule has 0 atom stereocenters. The van der Waals surface area contributed by atoms with Crippen LogP contribution in [0, 0.1) is 12.7 Å². The Bertz CT molecular complexity index is 385. The van der Waals surface area contributed by atoms with Crippen molar-refractivity contribution in [2.24, 2.45) is 0 Å². The van der Waals surface area contributed by atoms with Gasteiger partial charge in [-0.3, -0.25) is 4.79 Å². The summed E-state index contributed by atoms with van der Waals surface area (Å²) in [6, 6.07) is 4.27. The molecule has 2 nitrogen and oxygen atoms in total. The Balaban J connectivity index is 2.87. The second-order valence-electron chi connectivity index (χ2n) is 3.89. The molecule has 4 heteroatoms. The van der Waals surface area contributed by atoms with E-state index in [1.165, 1.54) is 12.1 Å². The van der Waals surface area contributed by atoms with Gasteiger partial charge in [0, 0.05) is 5.69 Å². The Morgan fingerprint density at radius 3 is 2.53 bits per heavy atom. The van der Waals surface area contributed by atoms with E-state index in [1.54, 1.807) is 26.8 Å². The third-order valence-corrected chi connectivity index (χ3v) is 2.34. The molecule has 15 heavy (non-hydrogen) atoms. The summed E-state index contributed by atoms with van der Waals surface area (Å²) in [5, 5.41) is 2.72. The number of aryl methyl sites for hydroxylation is 1. The van der Waals surface area contributed by atoms with Crippen LogP contribution in [0.4, 0.5) is 10.1 Å². The summed E-state index contributed by atoms with van der Waals surface area (Å²) in [5.74, 6) is -0.458. The third-order valence-electron chi connectivity index (χ3n) is 1.98. The van der Waals surface area contributed by atoms with Gasteiger partial charge in [0.1, 0.15) is 5.82 Å². The first-order valence-corrected chi connectivity index (χ1v) is 5.36. The summed E-state index contributed by atoms with van der Waals surface area (Å²) in [5.41, 5.74) is 1.34. The molecule has 0 radical (unpaired) electrons. The minimum atomic E-state index is -0.631. The Morgan fingerprint density at radius 2 is 2.07 bits per heavy atom. The second-order valence-corrected chi connectivity index (χ2v) is 5.87. The van der Waals surface area contributed by atoms with Crippen LogP contribution < -0.4 is 5.32 Å². The van der Waals surface area contributed by atoms with Crippen LogP contribution in [0.15, 0.2) is 18.2 Å². The van der Waals surface area contributed by atoms with E-state index in [9.17, 15) is 9.18 Å². The van der Waals surface area contributed by atoms with Crippen molar-refractivity contribution in [1.82, 2.24) is 0 Å². The molecule has 0 spiro atoms. The van der Waals surface area contributed by atoms with Crippen molar-refractivity contribution in [3.8, 4) is 0 Å². The lowest BCUT2D eigenvalue weighted by atomic mass is 10.1. The Hall–Kier alpha value is -0.900. The van der Waals surface area contributed by atoms with Crippen LogP contribution in [0.3, 0.4) is 0 Å². The lowest BCUT2D eigenvalue weighted by molar-refractivity contribution is -0.117. The molecule has 0 fully saturated rings. The highest BCUT2D eigenvalue weighted by Crippen LogP contribution is 2.21. The number of nitrogens with one attached hydrogen (secondary N) is 1. The Morgan fingerprint density at radius 1 is 1.47 bits per heavy atom. The normalized spacial score (nSPS) is 11.3. The van der Waals surface area contributed by atoms with E-state index in [-0.39, 0.29) is 11.7 Å². The number of amides is 1. The molecule has 0 saturated carbocycles. The van der Waals surface area contributed by atoms with Crippen molar-refractivity contribution >= 4 is 27.5 Å². The number of anilines is 1. The maximum absolute atomic E-state index is 12.8. The van der Waals surface area contributed by atoms with Gasteiger partial charge in [-0.25, -0.2) is 4.39 Å². The Kier molecular flexibility index (Phi) is 3.50. The highest BCUT2D eigenvalue weighted by atomic mass is 79.9. The summed E-state index contributed by atoms with van der Waals surface area (Å²) in [6.07, 6.45) is 0. The van der Waals surface area contributed by atoms with Crippen molar-refractivity contribution in [3.05, 3.63) is 29.6 Å². The van der Waals surface area contributed by atoms with Crippen LogP contribution in [0.2, 0.25) is 0 Å². The number of halogens is 2. The molecule has 0 aliphatic carbocycles. The summed E-state index contributed by atoms with van der Waals surface area (Å²) in [6.45, 7) is 5.25. The SMILES string of the molecule is Cc1cc(F)ccc1NC(=O)C(C)(C)Br. The lowest BCUT2D eigenvalue weighted by Gasteiger charge is -2.16. The van der Waals surface area contributed by atoms with E-state index >= 15 is 0 Å². The molecule has 0 heterocycles. The second kappa shape index (κ2) is 4.31. The first-order valence-electron chi connectivity index (χ1n) is 4.57. The van der Waals surface area contributed by atoms with Crippen LogP contribution in [0.1, 0.15) is 19.4 Å². The van der Waals surface area contributed by atoms with E-state index in [1.807, 2.05) is 0 Å². The van der Waals surface area contributed by atoms with Crippen molar-refractivity contribution in [2.75, 3.05) is 5.32 Å². The fourth-order valence-corrected chi connectivity index (χ4v) is 1.14. The molecule has 1 N–H and O–H groups in total. The zero-order chi connectivity index (χ0) is 11.6. The topological polar surface area (TPSA) is 29.1 Å². The number of hydrogen-bond acceptors (Lipinski definition) is 1. The van der Waals surface area contributed by atoms with Gasteiger partial charge in [-0.1, -0.05) is 15.9 Å². The first-order chi connectivity index (χ1) is 6.80. The average Bonchev–Trinajstić information content (AvgIpc) is 2.08. The van der Waals surface area contributed by atoms with Crippen LogP contribution in [-0.4, -0.2) is 10.2 Å². The maximum Gasteiger partial charge on any atom is 0.240 e. The van der Waals surface area contributed by atoms with Gasteiger partial charge in [-0.05, 0) is 44.5 Å². The molecule has 82 valence electrons. The van der Waals surface area contributed by atoms with Gasteiger partial charge >= 0.3 is 0 Å². The summed E-state index contributed by atoms with van der Waals surface area (Å²) >= 11 is 3.25. The number of carbonyl (C=O) groups is 1. The molecule has 0 aromatic heterocycles. The van der Waals surface area contributed by atoms with Crippen molar-refractivity contribution < 1.29 is 9.18 Å². The number of alkyl halides is 1. The highest BCUT2D eigenvalue weighted by Gasteiger charge is 2.23. The fourth-order valence-electron chi connectivity index (χ4n) is 1.04. The zero-order valence-electron chi connectivity index (χ0n) is 8.90. The molecular weight excluding hydrogens is 261 g/mol. The predicted octanol–water partition coefficient (Wildman–Crippen LogP) is 3.25. The molecule has 1 aromatic rings. The molecule has 1 aromatic carbocycles. The zero-order valence-corrected chi connectivity index (χ0v) is 10.5. The molecule has 1 rings (SSSR count). The fraction of sp³-hybridized carbons (Fsp3) is 0.364. The van der Waals surface area contributed by atoms with Gasteiger partial charge < -0.3 is 5.32 Å². The van der Waals surface area contributed by atoms with Crippen LogP contribution in [0.5, 0.6) is 0 Å². The molecule has 0 saturated heterocycles. The van der Waals surface area contributed by atoms with E-state index in [4.69, 9.17) is 0 Å². The van der Waals surface area contributed by atoms with E-state index < -0.39 is 4.32 Å². The largest absolute Gasteiger partial charge is 0.325 e. The van der Waals surface area contributed by atoms with Gasteiger partial charge in [0.05, 0.1) is 4.32 Å². The molecule has 1 amide bonds. The van der Waals surface area contributed by atoms with Crippen LogP contribution >= 0.6 is 15.9 Å². The van der Waals surface area contributed by atoms with E-state index in [0.29, 0.717) is 11.3 Å². The molecule has 0 aliphatic rings. The average molecular weight is 274 g/mol. The van der Waals surface area contributed by atoms with Crippen molar-refractivity contribution in [3.63, 3.8) is 0 Å². The van der Waals surface area contributed by atoms with Gasteiger partial charge in [-0.15, -0.1) is 0 Å². The summed E-state index contributed by atoms with van der Waals surface area (Å²) in [7, 11) is 0. The van der Waals surface area contributed by atoms with Gasteiger partial charge in [0.15, 0.2) is 0 Å². The first kappa shape index (κ1) is 12.2. The third kappa shape index (κ3) is 3.30. The van der Waals surface area contributed by atoms with Crippen molar-refractivity contribution in [1.29, 1.82) is 0 Å². The van der Waals surface area contributed by atoms with Gasteiger partial charge in [0.25, 0.3) is 0 Å². The minimum absolute atomic E-state index is 0.155. The van der Waals surface area contributed by atoms with Crippen LogP contribution in [0.25, 0.3) is 0 Å². The van der Waals surface area contributed by atoms with E-state index in [0.717, 1.165) is 0 Å². The van der Waals surface area contributed by atoms with Gasteiger partial charge in [0.2, 0.25) is 5.91 Å². The monoisotopic (exact) mass is 273 g/mol. The number of rotatable bonds is 2.